The molecular weight excluding hydrogens is 320 g/mol. The molecule has 5 nitrogen and oxygen atoms in total. The van der Waals surface area contributed by atoms with E-state index < -0.39 is 45.0 Å². The van der Waals surface area contributed by atoms with Gasteiger partial charge in [0.15, 0.2) is 16.6 Å². The molecule has 3 atom stereocenters. The lowest BCUT2D eigenvalue weighted by Gasteiger charge is -2.35. The van der Waals surface area contributed by atoms with Gasteiger partial charge in [-0.2, -0.15) is 0 Å². The second-order valence-corrected chi connectivity index (χ2v) is 18.6. The van der Waals surface area contributed by atoms with Crippen LogP contribution in [0.5, 0.6) is 0 Å². The topological polar surface area (TPSA) is 79.2 Å². The van der Waals surface area contributed by atoms with Gasteiger partial charge >= 0.3 is 0 Å². The molecule has 0 bridgehead atoms. The first-order chi connectivity index (χ1) is 9.39. The summed E-state index contributed by atoms with van der Waals surface area (Å²) in [6.45, 7) is 14.3. The Hall–Kier alpha value is 0.451. The third-order valence-electron chi connectivity index (χ3n) is 3.05. The highest BCUT2D eigenvalue weighted by atomic mass is 28.4. The summed E-state index contributed by atoms with van der Waals surface area (Å²) in [5.41, 5.74) is -0.0233. The minimum atomic E-state index is -1.73. The van der Waals surface area contributed by atoms with Crippen LogP contribution in [0.3, 0.4) is 0 Å². The molecule has 21 heavy (non-hydrogen) atoms. The Balaban J connectivity index is 4.90. The van der Waals surface area contributed by atoms with E-state index in [-0.39, 0.29) is 11.5 Å². The van der Waals surface area contributed by atoms with Crippen molar-refractivity contribution in [2.24, 2.45) is 0 Å². The number of rotatable bonds is 10. The summed E-state index contributed by atoms with van der Waals surface area (Å²) in [6, 6.07) is 0. The molecule has 0 rings (SSSR count). The Bertz CT molecular complexity index is 275. The first kappa shape index (κ1) is 21.5. The Morgan fingerprint density at radius 3 is 1.67 bits per heavy atom. The zero-order chi connectivity index (χ0) is 16.8. The van der Waals surface area contributed by atoms with Crippen LogP contribution in [-0.4, -0.2) is 66.2 Å². The van der Waals surface area contributed by atoms with Crippen LogP contribution >= 0.6 is 0 Å². The van der Waals surface area contributed by atoms with Gasteiger partial charge in [-0.1, -0.05) is 13.3 Å². The van der Waals surface area contributed by atoms with Crippen molar-refractivity contribution in [1.29, 1.82) is 0 Å². The van der Waals surface area contributed by atoms with Crippen molar-refractivity contribution in [1.82, 2.24) is 0 Å². The lowest BCUT2D eigenvalue weighted by molar-refractivity contribution is -0.0204. The maximum absolute atomic E-state index is 10.2. The maximum Gasteiger partial charge on any atom is 0.186 e. The summed E-state index contributed by atoms with van der Waals surface area (Å²) in [7, 11) is -4.38. The molecule has 0 aromatic heterocycles. The van der Waals surface area contributed by atoms with Crippen LogP contribution in [0.1, 0.15) is 13.3 Å². The predicted molar refractivity (Wildman–Crippen MR) is 94.3 cm³/mol. The third-order valence-corrected chi connectivity index (χ3v) is 8.04. The minimum Gasteiger partial charge on any atom is -0.398 e. The van der Waals surface area contributed by atoms with Crippen LogP contribution in [0.25, 0.3) is 0 Å². The molecule has 0 fully saturated rings. The number of hydrogen-bond donors (Lipinski definition) is 3. The van der Waals surface area contributed by atoms with E-state index in [0.29, 0.717) is 0 Å². The highest BCUT2D eigenvalue weighted by Crippen LogP contribution is 2.23. The van der Waals surface area contributed by atoms with Crippen LogP contribution in [0.15, 0.2) is 0 Å². The highest BCUT2D eigenvalue weighted by molar-refractivity contribution is 6.71. The lowest BCUT2D eigenvalue weighted by Crippen LogP contribution is -2.46. The molecule has 128 valence electrons. The van der Waals surface area contributed by atoms with Gasteiger partial charge in [-0.05, 0) is 44.8 Å². The summed E-state index contributed by atoms with van der Waals surface area (Å²) in [4.78, 5) is 0. The molecule has 0 aliphatic rings. The van der Waals surface area contributed by atoms with Gasteiger partial charge in [-0.15, -0.1) is 0 Å². The van der Waals surface area contributed by atoms with Gasteiger partial charge in [0.1, 0.15) is 12.0 Å². The van der Waals surface area contributed by atoms with Gasteiger partial charge in [0.05, 0.1) is 22.2 Å². The molecule has 3 unspecified atom stereocenters. The molecule has 0 saturated heterocycles. The van der Waals surface area contributed by atoms with Crippen molar-refractivity contribution in [2.75, 3.05) is 6.61 Å². The maximum atomic E-state index is 10.2. The van der Waals surface area contributed by atoms with E-state index in [9.17, 15) is 10.2 Å². The molecule has 0 aromatic carbocycles. The summed E-state index contributed by atoms with van der Waals surface area (Å²) in [5.74, 6) is -0.214. The van der Waals surface area contributed by atoms with E-state index in [2.05, 4.69) is 39.3 Å². The van der Waals surface area contributed by atoms with E-state index in [1.54, 1.807) is 0 Å². The molecule has 0 radical (unpaired) electrons. The molecule has 8 heteroatoms. The molecule has 0 aliphatic heterocycles. The van der Waals surface area contributed by atoms with E-state index in [0.717, 1.165) is 6.42 Å². The first-order valence-electron chi connectivity index (χ1n) is 7.72. The van der Waals surface area contributed by atoms with Crippen molar-refractivity contribution in [3.63, 3.8) is 0 Å². The fourth-order valence-electron chi connectivity index (χ4n) is 2.13. The van der Waals surface area contributed by atoms with Gasteiger partial charge < -0.3 is 24.2 Å². The largest absolute Gasteiger partial charge is 0.398 e. The van der Waals surface area contributed by atoms with Crippen molar-refractivity contribution >= 4 is 26.2 Å². The fourth-order valence-corrected chi connectivity index (χ4v) is 9.09. The average molecular weight is 355 g/mol. The molecule has 0 amide bonds. The van der Waals surface area contributed by atoms with E-state index in [1.807, 2.05) is 6.92 Å². The van der Waals surface area contributed by atoms with Crippen LogP contribution < -0.4 is 0 Å². The van der Waals surface area contributed by atoms with E-state index in [1.165, 1.54) is 0 Å². The van der Waals surface area contributed by atoms with Crippen LogP contribution in [-0.2, 0) is 8.85 Å². The SMILES string of the molecule is CCC([SiH2]C(O[Si](C)(C)C)O[Si](C)(C)C)C(O)C(O)CO. The molecule has 0 aliphatic carbocycles. The van der Waals surface area contributed by atoms with Crippen LogP contribution in [0.4, 0.5) is 0 Å². The molecule has 0 heterocycles. The molecular formula is C13H34O5Si3. The Morgan fingerprint density at radius 1 is 0.952 bits per heavy atom. The number of aliphatic hydroxyl groups is 3. The van der Waals surface area contributed by atoms with Gasteiger partial charge in [-0.25, -0.2) is 0 Å². The van der Waals surface area contributed by atoms with E-state index >= 15 is 0 Å². The third kappa shape index (κ3) is 9.95. The van der Waals surface area contributed by atoms with Crippen LogP contribution in [0.2, 0.25) is 44.8 Å². The predicted octanol–water partition coefficient (Wildman–Crippen LogP) is 1.05. The second kappa shape index (κ2) is 8.92. The smallest absolute Gasteiger partial charge is 0.186 e. The zero-order valence-corrected chi connectivity index (χ0v) is 18.0. The molecule has 0 spiro atoms. The fraction of sp³-hybridized carbons (Fsp3) is 1.00. The van der Waals surface area contributed by atoms with Gasteiger partial charge in [0.2, 0.25) is 0 Å². The Morgan fingerprint density at radius 2 is 1.38 bits per heavy atom. The highest BCUT2D eigenvalue weighted by Gasteiger charge is 2.33. The number of hydrogen-bond acceptors (Lipinski definition) is 5. The zero-order valence-electron chi connectivity index (χ0n) is 14.6. The summed E-state index contributed by atoms with van der Waals surface area (Å²) in [6.07, 6.45) is -1.23. The second-order valence-electron chi connectivity index (χ2n) is 7.53. The van der Waals surface area contributed by atoms with Gasteiger partial charge in [-0.3, -0.25) is 0 Å². The summed E-state index contributed by atoms with van der Waals surface area (Å²) >= 11 is 0. The summed E-state index contributed by atoms with van der Waals surface area (Å²) in [5, 5.41) is 28.8. The standard InChI is InChI=1S/C13H34O5Si3/c1-8-11(12(16)10(15)9-14)19-13(17-20(2,3)4)18-21(5,6)7/h10-16H,8-9,19H2,1-7H3. The van der Waals surface area contributed by atoms with Crippen molar-refractivity contribution < 1.29 is 24.2 Å². The monoisotopic (exact) mass is 354 g/mol. The molecule has 0 saturated carbocycles. The molecule has 3 N–H and O–H groups in total. The molecule has 0 aromatic rings. The van der Waals surface area contributed by atoms with Crippen molar-refractivity contribution in [3.8, 4) is 0 Å². The van der Waals surface area contributed by atoms with Crippen molar-refractivity contribution in [2.45, 2.75) is 76.3 Å². The van der Waals surface area contributed by atoms with Crippen molar-refractivity contribution in [3.05, 3.63) is 0 Å². The lowest BCUT2D eigenvalue weighted by atomic mass is 10.1. The Kier molecular flexibility index (Phi) is 9.11. The van der Waals surface area contributed by atoms with Gasteiger partial charge in [0.25, 0.3) is 0 Å². The summed E-state index contributed by atoms with van der Waals surface area (Å²) < 4.78 is 12.3. The Labute approximate surface area is 133 Å². The number of aliphatic hydroxyl groups excluding tert-OH is 3. The van der Waals surface area contributed by atoms with Gasteiger partial charge in [0, 0.05) is 0 Å². The normalized spacial score (nSPS) is 18.4. The van der Waals surface area contributed by atoms with Crippen LogP contribution in [0, 0.1) is 0 Å². The average Bonchev–Trinajstić information content (AvgIpc) is 2.29. The quantitative estimate of drug-likeness (QED) is 0.404. The minimum absolute atomic E-state index is 0.0233. The first-order valence-corrected chi connectivity index (χ1v) is 16.2. The van der Waals surface area contributed by atoms with E-state index in [4.69, 9.17) is 14.0 Å².